The lowest BCUT2D eigenvalue weighted by molar-refractivity contribution is 0.936. The summed E-state index contributed by atoms with van der Waals surface area (Å²) in [5.74, 6) is 0. The van der Waals surface area contributed by atoms with E-state index in [0.29, 0.717) is 12.1 Å². The number of para-hydroxylation sites is 1. The number of anilines is 2. The number of nitrogens with two attached hydrogens (primary N) is 1. The first kappa shape index (κ1) is 11.6. The van der Waals surface area contributed by atoms with Crippen LogP contribution in [0.25, 0.3) is 0 Å². The maximum absolute atomic E-state index is 8.96. The van der Waals surface area contributed by atoms with E-state index in [1.165, 1.54) is 11.3 Å². The summed E-state index contributed by atoms with van der Waals surface area (Å²) in [4.78, 5) is 4.39. The number of benzene rings is 1. The van der Waals surface area contributed by atoms with Gasteiger partial charge in [-0.3, -0.25) is 0 Å². The summed E-state index contributed by atoms with van der Waals surface area (Å²) in [6.45, 7) is 0.595. The van der Waals surface area contributed by atoms with Gasteiger partial charge in [0.15, 0.2) is 5.13 Å². The molecule has 0 fully saturated rings. The van der Waals surface area contributed by atoms with E-state index in [2.05, 4.69) is 16.4 Å². The highest BCUT2D eigenvalue weighted by Crippen LogP contribution is 2.23. The zero-order valence-electron chi connectivity index (χ0n) is 9.18. The van der Waals surface area contributed by atoms with Crippen LogP contribution >= 0.6 is 11.3 Å². The number of nitriles is 1. The summed E-state index contributed by atoms with van der Waals surface area (Å²) < 4.78 is 0. The van der Waals surface area contributed by atoms with E-state index < -0.39 is 0 Å². The number of nitrogens with one attached hydrogen (secondary N) is 1. The second kappa shape index (κ2) is 5.43. The molecule has 0 unspecified atom stereocenters. The summed E-state index contributed by atoms with van der Waals surface area (Å²) >= 11 is 1.52. The first-order valence-corrected chi connectivity index (χ1v) is 6.12. The van der Waals surface area contributed by atoms with Gasteiger partial charge in [-0.25, -0.2) is 4.98 Å². The van der Waals surface area contributed by atoms with Crippen LogP contribution in [0.4, 0.5) is 10.8 Å². The van der Waals surface area contributed by atoms with E-state index in [1.807, 2.05) is 23.6 Å². The molecule has 0 saturated heterocycles. The van der Waals surface area contributed by atoms with Gasteiger partial charge in [0.25, 0.3) is 0 Å². The van der Waals surface area contributed by atoms with Crippen molar-refractivity contribution < 1.29 is 0 Å². The number of hydrogen-bond acceptors (Lipinski definition) is 5. The van der Waals surface area contributed by atoms with Crippen molar-refractivity contribution in [3.63, 3.8) is 0 Å². The van der Waals surface area contributed by atoms with Crippen LogP contribution < -0.4 is 11.1 Å². The Morgan fingerprint density at radius 3 is 3.00 bits per heavy atom. The Morgan fingerprint density at radius 2 is 2.24 bits per heavy atom. The van der Waals surface area contributed by atoms with Crippen LogP contribution in [0.2, 0.25) is 0 Å². The Morgan fingerprint density at radius 1 is 1.41 bits per heavy atom. The number of thiazole rings is 1. The van der Waals surface area contributed by atoms with Crippen molar-refractivity contribution in [3.8, 4) is 6.07 Å². The van der Waals surface area contributed by atoms with Gasteiger partial charge in [-0.15, -0.1) is 11.3 Å². The average molecular weight is 244 g/mol. The van der Waals surface area contributed by atoms with Crippen LogP contribution in [0, 0.1) is 11.3 Å². The predicted octanol–water partition coefficient (Wildman–Crippen LogP) is 2.26. The van der Waals surface area contributed by atoms with Crippen LogP contribution in [0.1, 0.15) is 11.3 Å². The summed E-state index contributed by atoms with van der Waals surface area (Å²) in [5, 5.41) is 14.9. The highest BCUT2D eigenvalue weighted by molar-refractivity contribution is 7.13. The predicted molar refractivity (Wildman–Crippen MR) is 69.3 cm³/mol. The molecule has 3 N–H and O–H groups in total. The molecule has 0 aliphatic carbocycles. The highest BCUT2D eigenvalue weighted by Gasteiger charge is 2.04. The second-order valence-electron chi connectivity index (χ2n) is 3.47. The highest BCUT2D eigenvalue weighted by atomic mass is 32.1. The fourth-order valence-electron chi connectivity index (χ4n) is 1.43. The van der Waals surface area contributed by atoms with E-state index >= 15 is 0 Å². The summed E-state index contributed by atoms with van der Waals surface area (Å²) in [5.41, 5.74) is 7.85. The largest absolute Gasteiger partial charge is 0.330 e. The molecule has 0 aliphatic rings. The Balaban J connectivity index is 2.17. The molecule has 0 saturated carbocycles. The number of hydrogen-bond donors (Lipinski definition) is 2. The molecule has 17 heavy (non-hydrogen) atoms. The SMILES string of the molecule is N#Cc1ccccc1Nc1nc(CCN)cs1. The van der Waals surface area contributed by atoms with Crippen LogP contribution in [0.15, 0.2) is 29.6 Å². The summed E-state index contributed by atoms with van der Waals surface area (Å²) in [6, 6.07) is 9.51. The van der Waals surface area contributed by atoms with Crippen LogP contribution in [0.5, 0.6) is 0 Å². The third-order valence-corrected chi connectivity index (χ3v) is 3.05. The van der Waals surface area contributed by atoms with Gasteiger partial charge >= 0.3 is 0 Å². The maximum Gasteiger partial charge on any atom is 0.187 e. The fraction of sp³-hybridized carbons (Fsp3) is 0.167. The van der Waals surface area contributed by atoms with E-state index in [1.54, 1.807) is 6.07 Å². The van der Waals surface area contributed by atoms with Crippen molar-refractivity contribution >= 4 is 22.2 Å². The first-order valence-electron chi connectivity index (χ1n) is 5.24. The molecule has 86 valence electrons. The lowest BCUT2D eigenvalue weighted by Gasteiger charge is -2.03. The third kappa shape index (κ3) is 2.81. The topological polar surface area (TPSA) is 74.7 Å². The van der Waals surface area contributed by atoms with E-state index in [-0.39, 0.29) is 0 Å². The monoisotopic (exact) mass is 244 g/mol. The van der Waals surface area contributed by atoms with Crippen molar-refractivity contribution in [1.29, 1.82) is 5.26 Å². The van der Waals surface area contributed by atoms with Gasteiger partial charge in [0, 0.05) is 11.8 Å². The van der Waals surface area contributed by atoms with Crippen LogP contribution in [-0.2, 0) is 6.42 Å². The smallest absolute Gasteiger partial charge is 0.187 e. The minimum absolute atomic E-state index is 0.595. The number of nitrogens with zero attached hydrogens (tertiary/aromatic N) is 2. The fourth-order valence-corrected chi connectivity index (χ4v) is 2.19. The molecule has 0 amide bonds. The average Bonchev–Trinajstić information content (AvgIpc) is 2.78. The summed E-state index contributed by atoms with van der Waals surface area (Å²) in [6.07, 6.45) is 0.776. The van der Waals surface area contributed by atoms with E-state index in [9.17, 15) is 0 Å². The minimum Gasteiger partial charge on any atom is -0.330 e. The molecule has 5 heteroatoms. The molecular weight excluding hydrogens is 232 g/mol. The summed E-state index contributed by atoms with van der Waals surface area (Å²) in [7, 11) is 0. The zero-order valence-corrected chi connectivity index (χ0v) is 10.00. The van der Waals surface area contributed by atoms with E-state index in [0.717, 1.165) is 22.9 Å². The standard InChI is InChI=1S/C12H12N4S/c13-6-5-10-8-17-12(15-10)16-11-4-2-1-3-9(11)7-14/h1-4,8H,5-6,13H2,(H,15,16). The van der Waals surface area contributed by atoms with Crippen molar-refractivity contribution in [2.24, 2.45) is 5.73 Å². The van der Waals surface area contributed by atoms with Gasteiger partial charge in [-0.05, 0) is 18.7 Å². The molecular formula is C12H12N4S. The Labute approximate surface area is 104 Å². The molecule has 2 rings (SSSR count). The Hall–Kier alpha value is -1.90. The molecule has 2 aromatic rings. The zero-order chi connectivity index (χ0) is 12.1. The maximum atomic E-state index is 8.96. The Bertz CT molecular complexity index is 541. The second-order valence-corrected chi connectivity index (χ2v) is 4.32. The first-order chi connectivity index (χ1) is 8.33. The van der Waals surface area contributed by atoms with Gasteiger partial charge in [0.1, 0.15) is 6.07 Å². The molecule has 0 atom stereocenters. The molecule has 1 aromatic carbocycles. The minimum atomic E-state index is 0.595. The lowest BCUT2D eigenvalue weighted by atomic mass is 10.2. The van der Waals surface area contributed by atoms with Crippen molar-refractivity contribution in [2.45, 2.75) is 6.42 Å². The molecule has 0 bridgehead atoms. The number of aromatic nitrogens is 1. The quantitative estimate of drug-likeness (QED) is 0.865. The van der Waals surface area contributed by atoms with Gasteiger partial charge < -0.3 is 11.1 Å². The van der Waals surface area contributed by atoms with Gasteiger partial charge in [0.05, 0.1) is 16.9 Å². The van der Waals surface area contributed by atoms with Gasteiger partial charge in [-0.2, -0.15) is 5.26 Å². The van der Waals surface area contributed by atoms with Gasteiger partial charge in [0.2, 0.25) is 0 Å². The normalized spacial score (nSPS) is 9.88. The molecule has 0 aliphatic heterocycles. The molecule has 0 radical (unpaired) electrons. The Kier molecular flexibility index (Phi) is 3.70. The molecule has 1 heterocycles. The molecule has 4 nitrogen and oxygen atoms in total. The molecule has 1 aromatic heterocycles. The number of rotatable bonds is 4. The molecule has 0 spiro atoms. The van der Waals surface area contributed by atoms with Crippen LogP contribution in [0.3, 0.4) is 0 Å². The van der Waals surface area contributed by atoms with Crippen LogP contribution in [-0.4, -0.2) is 11.5 Å². The third-order valence-electron chi connectivity index (χ3n) is 2.24. The van der Waals surface area contributed by atoms with Crippen molar-refractivity contribution in [1.82, 2.24) is 4.98 Å². The van der Waals surface area contributed by atoms with Gasteiger partial charge in [-0.1, -0.05) is 12.1 Å². The van der Waals surface area contributed by atoms with E-state index in [4.69, 9.17) is 11.0 Å². The lowest BCUT2D eigenvalue weighted by Crippen LogP contribution is -2.03. The van der Waals surface area contributed by atoms with Crippen molar-refractivity contribution in [3.05, 3.63) is 40.9 Å². The van der Waals surface area contributed by atoms with Crippen molar-refractivity contribution in [2.75, 3.05) is 11.9 Å².